The number of esters is 1. The smallest absolute Gasteiger partial charge is 0.338 e. The second-order valence-electron chi connectivity index (χ2n) is 9.31. The van der Waals surface area contributed by atoms with E-state index in [-0.39, 0.29) is 28.6 Å². The summed E-state index contributed by atoms with van der Waals surface area (Å²) in [7, 11) is 1.19. The number of non-ortho nitro benzene ring substituents is 1. The van der Waals surface area contributed by atoms with E-state index in [9.17, 15) is 19.7 Å². The molecular formula is C28H32N4O6. The number of unbranched alkanes of at least 4 members (excludes halogenated alkanes) is 1. The van der Waals surface area contributed by atoms with Gasteiger partial charge in [-0.15, -0.1) is 0 Å². The fraction of sp³-hybridized carbons (Fsp3) is 0.393. The van der Waals surface area contributed by atoms with Crippen molar-refractivity contribution in [1.29, 1.82) is 0 Å². The Morgan fingerprint density at radius 2 is 1.82 bits per heavy atom. The van der Waals surface area contributed by atoms with Crippen LogP contribution in [0, 0.1) is 10.1 Å². The third kappa shape index (κ3) is 6.83. The maximum atomic E-state index is 13.1. The summed E-state index contributed by atoms with van der Waals surface area (Å²) >= 11 is 0. The Morgan fingerprint density at radius 1 is 1.08 bits per heavy atom. The number of aromatic nitrogens is 2. The van der Waals surface area contributed by atoms with E-state index >= 15 is 0 Å². The lowest BCUT2D eigenvalue weighted by Crippen LogP contribution is -2.38. The van der Waals surface area contributed by atoms with Crippen LogP contribution >= 0.6 is 0 Å². The Labute approximate surface area is 221 Å². The fourth-order valence-electron chi connectivity index (χ4n) is 4.72. The molecular weight excluding hydrogens is 488 g/mol. The van der Waals surface area contributed by atoms with Crippen LogP contribution in [0.4, 0.5) is 5.69 Å². The van der Waals surface area contributed by atoms with Crippen LogP contribution in [0.5, 0.6) is 0 Å². The predicted octanol–water partition coefficient (Wildman–Crippen LogP) is 4.59. The Morgan fingerprint density at radius 3 is 2.53 bits per heavy atom. The third-order valence-corrected chi connectivity index (χ3v) is 6.74. The molecule has 0 atom stereocenters. The summed E-state index contributed by atoms with van der Waals surface area (Å²) in [5, 5.41) is 11.3. The standard InChI is InChI=1S/C28H32N4O6/c1-37-28(34)24-17-23(18-25(19-24)32(35)36)27(33)31-13-9-22(10-14-31)26-29-11-15-30(26)12-5-6-16-38-20-21-7-3-2-4-8-21/h2-4,7-8,11,15,17-19,22H,5-6,9-10,12-14,16,20H2,1H3. The molecule has 0 radical (unpaired) electrons. The summed E-state index contributed by atoms with van der Waals surface area (Å²) in [5.41, 5.74) is 0.934. The summed E-state index contributed by atoms with van der Waals surface area (Å²) in [5.74, 6) is 0.178. The molecule has 1 saturated heterocycles. The molecule has 0 spiro atoms. The molecule has 1 aromatic heterocycles. The van der Waals surface area contributed by atoms with E-state index in [0.29, 0.717) is 26.3 Å². The number of hydrogen-bond acceptors (Lipinski definition) is 7. The van der Waals surface area contributed by atoms with Gasteiger partial charge >= 0.3 is 5.97 Å². The average molecular weight is 521 g/mol. The summed E-state index contributed by atoms with van der Waals surface area (Å²) < 4.78 is 12.6. The first-order valence-electron chi connectivity index (χ1n) is 12.8. The molecule has 1 aliphatic rings. The van der Waals surface area contributed by atoms with Gasteiger partial charge in [-0.2, -0.15) is 0 Å². The highest BCUT2D eigenvalue weighted by atomic mass is 16.6. The topological polar surface area (TPSA) is 117 Å². The maximum absolute atomic E-state index is 13.1. The third-order valence-electron chi connectivity index (χ3n) is 6.74. The normalized spacial score (nSPS) is 13.9. The van der Waals surface area contributed by atoms with Gasteiger partial charge in [0.15, 0.2) is 0 Å². The lowest BCUT2D eigenvalue weighted by molar-refractivity contribution is -0.384. The number of ether oxygens (including phenoxy) is 2. The molecule has 0 N–H and O–H groups in total. The van der Waals surface area contributed by atoms with Gasteiger partial charge in [-0.25, -0.2) is 9.78 Å². The Kier molecular flexibility index (Phi) is 9.21. The van der Waals surface area contributed by atoms with Crippen molar-refractivity contribution in [1.82, 2.24) is 14.5 Å². The number of likely N-dealkylation sites (tertiary alicyclic amines) is 1. The summed E-state index contributed by atoms with van der Waals surface area (Å²) in [4.78, 5) is 42.0. The number of nitro benzene ring substituents is 1. The number of benzene rings is 2. The molecule has 10 nitrogen and oxygen atoms in total. The van der Waals surface area contributed by atoms with Crippen molar-refractivity contribution in [3.05, 3.63) is 93.6 Å². The Balaban J connectivity index is 1.28. The zero-order valence-corrected chi connectivity index (χ0v) is 21.5. The highest BCUT2D eigenvalue weighted by Crippen LogP contribution is 2.29. The fourth-order valence-corrected chi connectivity index (χ4v) is 4.72. The van der Waals surface area contributed by atoms with Crippen LogP contribution in [-0.4, -0.2) is 58.1 Å². The van der Waals surface area contributed by atoms with Crippen molar-refractivity contribution in [2.45, 2.75) is 44.8 Å². The van der Waals surface area contributed by atoms with E-state index in [1.807, 2.05) is 30.6 Å². The first-order chi connectivity index (χ1) is 18.5. The molecule has 1 amide bonds. The number of carbonyl (C=O) groups excluding carboxylic acids is 2. The van der Waals surface area contributed by atoms with Crippen LogP contribution in [0.15, 0.2) is 60.9 Å². The summed E-state index contributed by atoms with van der Waals surface area (Å²) in [6, 6.07) is 13.8. The van der Waals surface area contributed by atoms with E-state index in [2.05, 4.69) is 26.4 Å². The van der Waals surface area contributed by atoms with Gasteiger partial charge in [0, 0.05) is 62.2 Å². The Hall–Kier alpha value is -4.05. The molecule has 0 bridgehead atoms. The zero-order chi connectivity index (χ0) is 26.9. The lowest BCUT2D eigenvalue weighted by atomic mass is 9.95. The number of nitrogens with zero attached hydrogens (tertiary/aromatic N) is 4. The van der Waals surface area contributed by atoms with Gasteiger partial charge in [0.25, 0.3) is 11.6 Å². The van der Waals surface area contributed by atoms with E-state index in [1.165, 1.54) is 24.8 Å². The molecule has 4 rings (SSSR count). The molecule has 2 heterocycles. The van der Waals surface area contributed by atoms with Gasteiger partial charge in [0.2, 0.25) is 0 Å². The van der Waals surface area contributed by atoms with Crippen molar-refractivity contribution in [2.24, 2.45) is 0 Å². The van der Waals surface area contributed by atoms with Gasteiger partial charge in [-0.05, 0) is 37.3 Å². The van der Waals surface area contributed by atoms with Crippen LogP contribution in [0.1, 0.15) is 63.7 Å². The number of amides is 1. The number of carbonyl (C=O) groups is 2. The monoisotopic (exact) mass is 520 g/mol. The van der Waals surface area contributed by atoms with Crippen LogP contribution in [0.2, 0.25) is 0 Å². The average Bonchev–Trinajstić information content (AvgIpc) is 3.43. The number of piperidine rings is 1. The first-order valence-corrected chi connectivity index (χ1v) is 12.8. The molecule has 1 fully saturated rings. The zero-order valence-electron chi connectivity index (χ0n) is 21.5. The molecule has 3 aromatic rings. The van der Waals surface area contributed by atoms with Crippen LogP contribution in [0.25, 0.3) is 0 Å². The van der Waals surface area contributed by atoms with Gasteiger partial charge in [-0.3, -0.25) is 14.9 Å². The molecule has 0 aliphatic carbocycles. The molecule has 1 aliphatic heterocycles. The van der Waals surface area contributed by atoms with Gasteiger partial charge < -0.3 is 18.9 Å². The van der Waals surface area contributed by atoms with Gasteiger partial charge in [0.05, 0.1) is 24.2 Å². The molecule has 2 aromatic carbocycles. The lowest BCUT2D eigenvalue weighted by Gasteiger charge is -2.32. The number of methoxy groups -OCH3 is 1. The highest BCUT2D eigenvalue weighted by molar-refractivity contribution is 5.99. The molecule has 200 valence electrons. The molecule has 10 heteroatoms. The molecule has 0 saturated carbocycles. The minimum atomic E-state index is -0.726. The quantitative estimate of drug-likeness (QED) is 0.157. The van der Waals surface area contributed by atoms with Crippen molar-refractivity contribution >= 4 is 17.6 Å². The van der Waals surface area contributed by atoms with Crippen molar-refractivity contribution in [2.75, 3.05) is 26.8 Å². The second-order valence-corrected chi connectivity index (χ2v) is 9.31. The van der Waals surface area contributed by atoms with Crippen LogP contribution in [0.3, 0.4) is 0 Å². The van der Waals surface area contributed by atoms with Gasteiger partial charge in [-0.1, -0.05) is 30.3 Å². The minimum absolute atomic E-state index is 0.0209. The number of rotatable bonds is 11. The summed E-state index contributed by atoms with van der Waals surface area (Å²) in [6.07, 6.45) is 7.22. The SMILES string of the molecule is COC(=O)c1cc(C(=O)N2CCC(c3nccn3CCCCOCc3ccccc3)CC2)cc([N+](=O)[O-])c1. The molecule has 0 unspecified atom stereocenters. The number of hydrogen-bond donors (Lipinski definition) is 0. The van der Waals surface area contributed by atoms with E-state index in [4.69, 9.17) is 4.74 Å². The van der Waals surface area contributed by atoms with E-state index in [0.717, 1.165) is 44.1 Å². The highest BCUT2D eigenvalue weighted by Gasteiger charge is 2.28. The Bertz CT molecular complexity index is 1250. The number of imidazole rings is 1. The van der Waals surface area contributed by atoms with Crippen molar-refractivity contribution in [3.8, 4) is 0 Å². The van der Waals surface area contributed by atoms with Crippen LogP contribution in [-0.2, 0) is 22.6 Å². The second kappa shape index (κ2) is 13.0. The van der Waals surface area contributed by atoms with E-state index in [1.54, 1.807) is 4.90 Å². The minimum Gasteiger partial charge on any atom is -0.465 e. The first kappa shape index (κ1) is 27.0. The molecule has 38 heavy (non-hydrogen) atoms. The van der Waals surface area contributed by atoms with Crippen molar-refractivity contribution < 1.29 is 24.0 Å². The van der Waals surface area contributed by atoms with Crippen LogP contribution < -0.4 is 0 Å². The maximum Gasteiger partial charge on any atom is 0.338 e. The van der Waals surface area contributed by atoms with Gasteiger partial charge in [0.1, 0.15) is 5.82 Å². The largest absolute Gasteiger partial charge is 0.465 e. The van der Waals surface area contributed by atoms with Crippen molar-refractivity contribution in [3.63, 3.8) is 0 Å². The summed E-state index contributed by atoms with van der Waals surface area (Å²) in [6.45, 7) is 3.18. The number of aryl methyl sites for hydroxylation is 1. The van der Waals surface area contributed by atoms with E-state index < -0.39 is 10.9 Å². The predicted molar refractivity (Wildman–Crippen MR) is 140 cm³/mol. The number of nitro groups is 1.